The predicted octanol–water partition coefficient (Wildman–Crippen LogP) is 1.43. The molecule has 0 saturated heterocycles. The average molecular weight is 318 g/mol. The Kier molecular flexibility index (Phi) is 9.73. The highest BCUT2D eigenvalue weighted by Gasteiger charge is 2.26. The number of hydrogen-bond donors (Lipinski definition) is 2. The third kappa shape index (κ3) is 8.33. The van der Waals surface area contributed by atoms with Gasteiger partial charge in [0.2, 0.25) is 0 Å². The fourth-order valence-corrected chi connectivity index (χ4v) is 1.28. The quantitative estimate of drug-likeness (QED) is 0.518. The molecule has 2 N–H and O–H groups in total. The third-order valence-electron chi connectivity index (χ3n) is 2.82. The van der Waals surface area contributed by atoms with Gasteiger partial charge in [0.05, 0.1) is 19.8 Å². The molecule has 2 atom stereocenters. The Bertz CT molecular complexity index is 372. The van der Waals surface area contributed by atoms with Crippen LogP contribution in [0.2, 0.25) is 0 Å². The zero-order chi connectivity index (χ0) is 17.1. The summed E-state index contributed by atoms with van der Waals surface area (Å²) in [5.74, 6) is -0.517. The van der Waals surface area contributed by atoms with Gasteiger partial charge in [-0.1, -0.05) is 13.8 Å². The molecule has 128 valence electrons. The molecule has 0 aliphatic heterocycles. The van der Waals surface area contributed by atoms with Gasteiger partial charge >= 0.3 is 18.2 Å². The van der Waals surface area contributed by atoms with E-state index in [1.165, 1.54) is 0 Å². The zero-order valence-corrected chi connectivity index (χ0v) is 13.8. The van der Waals surface area contributed by atoms with Crippen LogP contribution in [0, 0.1) is 5.92 Å². The lowest BCUT2D eigenvalue weighted by atomic mass is 10.1. The lowest BCUT2D eigenvalue weighted by Crippen LogP contribution is -2.50. The predicted molar refractivity (Wildman–Crippen MR) is 79.4 cm³/mol. The van der Waals surface area contributed by atoms with E-state index in [9.17, 15) is 14.4 Å². The summed E-state index contributed by atoms with van der Waals surface area (Å²) in [4.78, 5) is 34.8. The van der Waals surface area contributed by atoms with Gasteiger partial charge in [-0.15, -0.1) is 0 Å². The highest BCUT2D eigenvalue weighted by atomic mass is 16.6. The highest BCUT2D eigenvalue weighted by Crippen LogP contribution is 2.06. The molecule has 0 heterocycles. The molecule has 0 fully saturated rings. The summed E-state index contributed by atoms with van der Waals surface area (Å²) in [6.07, 6.45) is -1.75. The van der Waals surface area contributed by atoms with Crippen LogP contribution in [0.15, 0.2) is 0 Å². The Hall–Kier alpha value is -1.99. The second-order valence-electron chi connectivity index (χ2n) is 4.90. The molecule has 0 spiro atoms. The fraction of sp³-hybridized carbons (Fsp3) is 0.786. The molecule has 0 aliphatic rings. The monoisotopic (exact) mass is 318 g/mol. The van der Waals surface area contributed by atoms with Crippen LogP contribution >= 0.6 is 0 Å². The highest BCUT2D eigenvalue weighted by molar-refractivity contribution is 5.82. The molecule has 0 aromatic rings. The van der Waals surface area contributed by atoms with Gasteiger partial charge in [-0.25, -0.2) is 14.4 Å². The van der Waals surface area contributed by atoms with E-state index in [0.29, 0.717) is 0 Å². The summed E-state index contributed by atoms with van der Waals surface area (Å²) in [6, 6.07) is -1.05. The maximum atomic E-state index is 12.1. The average Bonchev–Trinajstić information content (AvgIpc) is 2.43. The van der Waals surface area contributed by atoms with Crippen LogP contribution in [-0.2, 0) is 19.0 Å². The van der Waals surface area contributed by atoms with Crippen molar-refractivity contribution in [3.63, 3.8) is 0 Å². The third-order valence-corrected chi connectivity index (χ3v) is 2.82. The number of esters is 1. The first-order valence-electron chi connectivity index (χ1n) is 7.36. The van der Waals surface area contributed by atoms with Crippen molar-refractivity contribution in [2.24, 2.45) is 5.92 Å². The fourth-order valence-electron chi connectivity index (χ4n) is 1.28. The molecule has 0 bridgehead atoms. The second-order valence-corrected chi connectivity index (χ2v) is 4.90. The van der Waals surface area contributed by atoms with Crippen molar-refractivity contribution in [3.05, 3.63) is 0 Å². The van der Waals surface area contributed by atoms with Crippen molar-refractivity contribution >= 4 is 18.2 Å². The number of carbonyl (C=O) groups excluding carboxylic acids is 3. The molecule has 0 aromatic heterocycles. The normalized spacial score (nSPS) is 13.0. The van der Waals surface area contributed by atoms with Crippen molar-refractivity contribution in [3.8, 4) is 0 Å². The van der Waals surface area contributed by atoms with Crippen LogP contribution < -0.4 is 10.6 Å². The van der Waals surface area contributed by atoms with E-state index in [4.69, 9.17) is 14.2 Å². The summed E-state index contributed by atoms with van der Waals surface area (Å²) >= 11 is 0. The van der Waals surface area contributed by atoms with Crippen LogP contribution in [0.4, 0.5) is 9.59 Å². The largest absolute Gasteiger partial charge is 0.461 e. The molecule has 22 heavy (non-hydrogen) atoms. The van der Waals surface area contributed by atoms with E-state index >= 15 is 0 Å². The minimum Gasteiger partial charge on any atom is -0.461 e. The van der Waals surface area contributed by atoms with Gasteiger partial charge in [0, 0.05) is 0 Å². The molecular weight excluding hydrogens is 292 g/mol. The first-order valence-corrected chi connectivity index (χ1v) is 7.36. The smallest absolute Gasteiger partial charge is 0.407 e. The molecule has 0 radical (unpaired) electrons. The van der Waals surface area contributed by atoms with Crippen LogP contribution in [0.5, 0.6) is 0 Å². The number of alkyl carbamates (subject to hydrolysis) is 2. The Morgan fingerprint density at radius 3 is 2.00 bits per heavy atom. The Balaban J connectivity index is 4.65. The number of amides is 2. The van der Waals surface area contributed by atoms with Crippen LogP contribution in [0.25, 0.3) is 0 Å². The van der Waals surface area contributed by atoms with E-state index in [0.717, 1.165) is 0 Å². The zero-order valence-electron chi connectivity index (χ0n) is 13.8. The molecule has 0 rings (SSSR count). The summed E-state index contributed by atoms with van der Waals surface area (Å²) in [5.41, 5.74) is 0. The van der Waals surface area contributed by atoms with Crippen molar-refractivity contribution in [1.29, 1.82) is 0 Å². The molecule has 1 unspecified atom stereocenters. The van der Waals surface area contributed by atoms with Crippen LogP contribution in [-0.4, -0.2) is 50.1 Å². The lowest BCUT2D eigenvalue weighted by molar-refractivity contribution is -0.152. The molecule has 0 aromatic carbocycles. The Labute approximate surface area is 130 Å². The maximum absolute atomic E-state index is 12.1. The summed E-state index contributed by atoms with van der Waals surface area (Å²) in [7, 11) is 0. The van der Waals surface area contributed by atoms with E-state index < -0.39 is 24.2 Å². The van der Waals surface area contributed by atoms with E-state index in [1.54, 1.807) is 20.8 Å². The molecular formula is C14H26N2O6. The van der Waals surface area contributed by atoms with Crippen molar-refractivity contribution in [2.45, 2.75) is 46.8 Å². The van der Waals surface area contributed by atoms with Crippen molar-refractivity contribution < 1.29 is 28.6 Å². The standard InChI is InChI=1S/C14H26N2O6/c1-6-20-13(18)15-8-11(16-14(19)21-7-2)12(17)22-10(5)9(3)4/h9-11H,6-8H2,1-5H3,(H,15,18)(H,16,19)/t10-,11?/m0/s1. The van der Waals surface area contributed by atoms with Crippen LogP contribution in [0.3, 0.4) is 0 Å². The number of ether oxygens (including phenoxy) is 3. The topological polar surface area (TPSA) is 103 Å². The lowest BCUT2D eigenvalue weighted by Gasteiger charge is -2.22. The van der Waals surface area contributed by atoms with Crippen molar-refractivity contribution in [1.82, 2.24) is 10.6 Å². The number of hydrogen-bond acceptors (Lipinski definition) is 6. The van der Waals surface area contributed by atoms with Crippen molar-refractivity contribution in [2.75, 3.05) is 19.8 Å². The first-order chi connectivity index (χ1) is 10.3. The van der Waals surface area contributed by atoms with E-state index in [-0.39, 0.29) is 31.8 Å². The van der Waals surface area contributed by atoms with Gasteiger partial charge in [0.15, 0.2) is 0 Å². The first kappa shape index (κ1) is 20.0. The second kappa shape index (κ2) is 10.7. The van der Waals surface area contributed by atoms with Gasteiger partial charge in [0.25, 0.3) is 0 Å². The minimum atomic E-state index is -1.05. The molecule has 0 saturated carbocycles. The Morgan fingerprint density at radius 2 is 1.50 bits per heavy atom. The maximum Gasteiger partial charge on any atom is 0.407 e. The molecule has 8 heteroatoms. The minimum absolute atomic E-state index is 0.130. The number of rotatable bonds is 8. The summed E-state index contributed by atoms with van der Waals surface area (Å²) in [5, 5.41) is 4.74. The van der Waals surface area contributed by atoms with E-state index in [1.807, 2.05) is 13.8 Å². The number of nitrogens with one attached hydrogen (secondary N) is 2. The van der Waals surface area contributed by atoms with Crippen LogP contribution in [0.1, 0.15) is 34.6 Å². The molecule has 8 nitrogen and oxygen atoms in total. The van der Waals surface area contributed by atoms with Gasteiger partial charge in [-0.05, 0) is 26.7 Å². The van der Waals surface area contributed by atoms with E-state index in [2.05, 4.69) is 10.6 Å². The van der Waals surface area contributed by atoms with Gasteiger partial charge in [-0.2, -0.15) is 0 Å². The summed E-state index contributed by atoms with van der Waals surface area (Å²) in [6.45, 7) is 9.09. The van der Waals surface area contributed by atoms with Gasteiger partial charge in [0.1, 0.15) is 12.1 Å². The SMILES string of the molecule is CCOC(=O)NCC(NC(=O)OCC)C(=O)O[C@@H](C)C(C)C. The molecule has 2 amide bonds. The molecule has 0 aliphatic carbocycles. The van der Waals surface area contributed by atoms with Gasteiger partial charge < -0.3 is 24.8 Å². The Morgan fingerprint density at radius 1 is 0.955 bits per heavy atom. The number of carbonyl (C=O) groups is 3. The van der Waals surface area contributed by atoms with Gasteiger partial charge in [-0.3, -0.25) is 0 Å². The summed E-state index contributed by atoms with van der Waals surface area (Å²) < 4.78 is 14.7.